The fourth-order valence-electron chi connectivity index (χ4n) is 2.38. The van der Waals surface area contributed by atoms with E-state index >= 15 is 0 Å². The molecule has 0 saturated carbocycles. The van der Waals surface area contributed by atoms with Gasteiger partial charge in [0.05, 0.1) is 25.4 Å². The van der Waals surface area contributed by atoms with Gasteiger partial charge in [0.15, 0.2) is 0 Å². The number of nitrogens with zero attached hydrogens (tertiary/aromatic N) is 2. The van der Waals surface area contributed by atoms with Gasteiger partial charge in [-0.05, 0) is 50.2 Å². The molecule has 0 aliphatic carbocycles. The maximum atomic E-state index is 5.59. The topological polar surface area (TPSA) is 69.4 Å². The lowest BCUT2D eigenvalue weighted by atomic mass is 10.2. The van der Waals surface area contributed by atoms with E-state index in [-0.39, 0.29) is 0 Å². The van der Waals surface area contributed by atoms with E-state index in [4.69, 9.17) is 14.0 Å². The molecule has 6 heteroatoms. The molecule has 2 aromatic carbocycles. The van der Waals surface area contributed by atoms with Crippen LogP contribution < -0.4 is 14.8 Å². The average molecular weight is 339 g/mol. The molecule has 0 unspecified atom stereocenters. The zero-order chi connectivity index (χ0) is 17.5. The van der Waals surface area contributed by atoms with Crippen molar-refractivity contribution in [3.8, 4) is 22.9 Å². The Balaban J connectivity index is 1.66. The van der Waals surface area contributed by atoms with Crippen molar-refractivity contribution in [3.05, 3.63) is 54.4 Å². The summed E-state index contributed by atoms with van der Waals surface area (Å²) in [6, 6.07) is 15.4. The molecule has 1 N–H and O–H groups in total. The highest BCUT2D eigenvalue weighted by Gasteiger charge is 2.10. The minimum atomic E-state index is 0.425. The zero-order valence-corrected chi connectivity index (χ0v) is 14.4. The van der Waals surface area contributed by atoms with Gasteiger partial charge in [-0.3, -0.25) is 0 Å². The predicted octanol–water partition coefficient (Wildman–Crippen LogP) is 4.15. The highest BCUT2D eigenvalue weighted by molar-refractivity contribution is 5.57. The van der Waals surface area contributed by atoms with E-state index in [1.165, 1.54) is 0 Å². The SMILES string of the molecule is CCOc1ccc(-c2noc(CNc3ccccc3OCC)n2)cc1. The number of para-hydroxylation sites is 2. The van der Waals surface area contributed by atoms with Gasteiger partial charge in [-0.2, -0.15) is 4.98 Å². The first-order valence-corrected chi connectivity index (χ1v) is 8.31. The first-order chi connectivity index (χ1) is 12.3. The number of benzene rings is 2. The van der Waals surface area contributed by atoms with E-state index in [0.717, 1.165) is 22.7 Å². The summed E-state index contributed by atoms with van der Waals surface area (Å²) in [6.07, 6.45) is 0. The summed E-state index contributed by atoms with van der Waals surface area (Å²) in [4.78, 5) is 4.42. The second-order valence-electron chi connectivity index (χ2n) is 5.25. The molecule has 3 aromatic rings. The maximum Gasteiger partial charge on any atom is 0.246 e. The summed E-state index contributed by atoms with van der Waals surface area (Å²) in [5.41, 5.74) is 1.78. The van der Waals surface area contributed by atoms with Gasteiger partial charge in [-0.25, -0.2) is 0 Å². The van der Waals surface area contributed by atoms with Crippen molar-refractivity contribution < 1.29 is 14.0 Å². The van der Waals surface area contributed by atoms with Gasteiger partial charge < -0.3 is 19.3 Å². The quantitative estimate of drug-likeness (QED) is 0.665. The standard InChI is InChI=1S/C19H21N3O3/c1-3-23-15-11-9-14(10-12-15)19-21-18(25-22-19)13-20-16-7-5-6-8-17(16)24-4-2/h5-12,20H,3-4,13H2,1-2H3. The third kappa shape index (κ3) is 4.29. The van der Waals surface area contributed by atoms with Crippen molar-refractivity contribution in [2.75, 3.05) is 18.5 Å². The largest absolute Gasteiger partial charge is 0.494 e. The number of hydrogen-bond donors (Lipinski definition) is 1. The number of nitrogens with one attached hydrogen (secondary N) is 1. The Labute approximate surface area is 146 Å². The lowest BCUT2D eigenvalue weighted by Crippen LogP contribution is -2.02. The van der Waals surface area contributed by atoms with E-state index in [0.29, 0.717) is 31.5 Å². The van der Waals surface area contributed by atoms with Crippen LogP contribution in [0.4, 0.5) is 5.69 Å². The van der Waals surface area contributed by atoms with E-state index in [1.54, 1.807) is 0 Å². The van der Waals surface area contributed by atoms with Gasteiger partial charge in [0, 0.05) is 5.56 Å². The minimum Gasteiger partial charge on any atom is -0.494 e. The van der Waals surface area contributed by atoms with E-state index in [9.17, 15) is 0 Å². The monoisotopic (exact) mass is 339 g/mol. The molecule has 0 radical (unpaired) electrons. The first kappa shape index (κ1) is 16.8. The second kappa shape index (κ2) is 8.19. The van der Waals surface area contributed by atoms with Gasteiger partial charge in [0.2, 0.25) is 11.7 Å². The minimum absolute atomic E-state index is 0.425. The molecule has 0 atom stereocenters. The first-order valence-electron chi connectivity index (χ1n) is 8.31. The number of aromatic nitrogens is 2. The molecular weight excluding hydrogens is 318 g/mol. The molecule has 0 amide bonds. The second-order valence-corrected chi connectivity index (χ2v) is 5.25. The summed E-state index contributed by atoms with van der Waals surface area (Å²) in [5.74, 6) is 2.69. The highest BCUT2D eigenvalue weighted by Crippen LogP contribution is 2.25. The Morgan fingerprint density at radius 2 is 1.72 bits per heavy atom. The molecule has 0 spiro atoms. The highest BCUT2D eigenvalue weighted by atomic mass is 16.5. The molecule has 130 valence electrons. The Kier molecular flexibility index (Phi) is 5.51. The Hall–Kier alpha value is -3.02. The fraction of sp³-hybridized carbons (Fsp3) is 0.263. The van der Waals surface area contributed by atoms with Gasteiger partial charge in [-0.1, -0.05) is 17.3 Å². The molecule has 1 aromatic heterocycles. The number of hydrogen-bond acceptors (Lipinski definition) is 6. The Morgan fingerprint density at radius 1 is 0.960 bits per heavy atom. The van der Waals surface area contributed by atoms with Crippen LogP contribution in [-0.2, 0) is 6.54 Å². The number of ether oxygens (including phenoxy) is 2. The predicted molar refractivity (Wildman–Crippen MR) is 95.8 cm³/mol. The van der Waals surface area contributed by atoms with Crippen LogP contribution in [-0.4, -0.2) is 23.4 Å². The molecule has 25 heavy (non-hydrogen) atoms. The van der Waals surface area contributed by atoms with E-state index in [1.807, 2.05) is 62.4 Å². The van der Waals surface area contributed by atoms with Gasteiger partial charge in [-0.15, -0.1) is 0 Å². The zero-order valence-electron chi connectivity index (χ0n) is 14.4. The van der Waals surface area contributed by atoms with Crippen LogP contribution in [0.1, 0.15) is 19.7 Å². The molecule has 0 aliphatic heterocycles. The van der Waals surface area contributed by atoms with Crippen molar-refractivity contribution in [1.82, 2.24) is 10.1 Å². The molecule has 1 heterocycles. The molecule has 0 bridgehead atoms. The van der Waals surface area contributed by atoms with Gasteiger partial charge >= 0.3 is 0 Å². The normalized spacial score (nSPS) is 10.5. The lowest BCUT2D eigenvalue weighted by Gasteiger charge is -2.10. The van der Waals surface area contributed by atoms with Crippen LogP contribution in [0, 0.1) is 0 Å². The lowest BCUT2D eigenvalue weighted by molar-refractivity contribution is 0.340. The van der Waals surface area contributed by atoms with Gasteiger partial charge in [0.1, 0.15) is 11.5 Å². The van der Waals surface area contributed by atoms with Crippen molar-refractivity contribution >= 4 is 5.69 Å². The summed E-state index contributed by atoms with van der Waals surface area (Å²) in [5, 5.41) is 7.30. The fourth-order valence-corrected chi connectivity index (χ4v) is 2.38. The molecule has 0 fully saturated rings. The Bertz CT molecular complexity index is 800. The van der Waals surface area contributed by atoms with Gasteiger partial charge in [0.25, 0.3) is 0 Å². The third-order valence-corrected chi connectivity index (χ3v) is 3.51. The van der Waals surface area contributed by atoms with Crippen molar-refractivity contribution in [2.45, 2.75) is 20.4 Å². The van der Waals surface area contributed by atoms with Crippen LogP contribution in [0.5, 0.6) is 11.5 Å². The van der Waals surface area contributed by atoms with E-state index in [2.05, 4.69) is 15.5 Å². The van der Waals surface area contributed by atoms with Crippen LogP contribution in [0.15, 0.2) is 53.1 Å². The maximum absolute atomic E-state index is 5.59. The molecular formula is C19H21N3O3. The molecule has 3 rings (SSSR count). The van der Waals surface area contributed by atoms with Crippen LogP contribution >= 0.6 is 0 Å². The van der Waals surface area contributed by atoms with Crippen LogP contribution in [0.3, 0.4) is 0 Å². The van der Waals surface area contributed by atoms with Crippen LogP contribution in [0.25, 0.3) is 11.4 Å². The van der Waals surface area contributed by atoms with Crippen molar-refractivity contribution in [2.24, 2.45) is 0 Å². The van der Waals surface area contributed by atoms with E-state index < -0.39 is 0 Å². The average Bonchev–Trinajstić information content (AvgIpc) is 3.11. The summed E-state index contributed by atoms with van der Waals surface area (Å²) < 4.78 is 16.3. The summed E-state index contributed by atoms with van der Waals surface area (Å²) in [6.45, 7) is 5.59. The smallest absolute Gasteiger partial charge is 0.246 e. The molecule has 6 nitrogen and oxygen atoms in total. The molecule has 0 aliphatic rings. The summed E-state index contributed by atoms with van der Waals surface area (Å²) in [7, 11) is 0. The van der Waals surface area contributed by atoms with Crippen LogP contribution in [0.2, 0.25) is 0 Å². The number of rotatable bonds is 8. The van der Waals surface area contributed by atoms with Crippen molar-refractivity contribution in [3.63, 3.8) is 0 Å². The Morgan fingerprint density at radius 3 is 2.48 bits per heavy atom. The number of anilines is 1. The van der Waals surface area contributed by atoms with Crippen molar-refractivity contribution in [1.29, 1.82) is 0 Å². The third-order valence-electron chi connectivity index (χ3n) is 3.51. The summed E-state index contributed by atoms with van der Waals surface area (Å²) >= 11 is 0. The molecule has 0 saturated heterocycles.